The molecule has 2 aromatic rings. The van der Waals surface area contributed by atoms with Crippen molar-refractivity contribution in [3.63, 3.8) is 0 Å². The van der Waals surface area contributed by atoms with Crippen LogP contribution >= 0.6 is 11.6 Å². The zero-order valence-electron chi connectivity index (χ0n) is 13.5. The first-order valence-corrected chi connectivity index (χ1v) is 8.18. The highest BCUT2D eigenvalue weighted by molar-refractivity contribution is 6.33. The van der Waals surface area contributed by atoms with Crippen molar-refractivity contribution in [2.45, 2.75) is 0 Å². The van der Waals surface area contributed by atoms with Gasteiger partial charge in [0.25, 0.3) is 0 Å². The molecular weight excluding hydrogens is 342 g/mol. The van der Waals surface area contributed by atoms with E-state index in [9.17, 15) is 9.59 Å². The molecule has 2 heterocycles. The first-order chi connectivity index (χ1) is 12.0. The Balaban J connectivity index is 1.67. The van der Waals surface area contributed by atoms with Gasteiger partial charge in [0.05, 0.1) is 10.6 Å². The third kappa shape index (κ3) is 3.66. The summed E-state index contributed by atoms with van der Waals surface area (Å²) < 4.78 is 0. The van der Waals surface area contributed by atoms with E-state index >= 15 is 0 Å². The van der Waals surface area contributed by atoms with E-state index in [0.29, 0.717) is 22.0 Å². The van der Waals surface area contributed by atoms with Gasteiger partial charge in [-0.1, -0.05) is 11.6 Å². The predicted molar refractivity (Wildman–Crippen MR) is 97.2 cm³/mol. The summed E-state index contributed by atoms with van der Waals surface area (Å²) in [4.78, 5) is 30.9. The monoisotopic (exact) mass is 359 g/mol. The number of piperazine rings is 1. The van der Waals surface area contributed by atoms with Crippen LogP contribution in [0.15, 0.2) is 36.5 Å². The fraction of sp³-hybridized carbons (Fsp3) is 0.235. The number of hydrogen-bond donors (Lipinski definition) is 2. The van der Waals surface area contributed by atoms with Gasteiger partial charge in [-0.2, -0.15) is 0 Å². The van der Waals surface area contributed by atoms with Crippen LogP contribution in [0.1, 0.15) is 20.7 Å². The third-order valence-electron chi connectivity index (χ3n) is 4.20. The Labute approximate surface area is 150 Å². The lowest BCUT2D eigenvalue weighted by Crippen LogP contribution is -2.47. The Hall–Kier alpha value is -2.80. The molecule has 1 saturated heterocycles. The van der Waals surface area contributed by atoms with Gasteiger partial charge < -0.3 is 21.3 Å². The van der Waals surface area contributed by atoms with Gasteiger partial charge in [0.1, 0.15) is 5.82 Å². The molecule has 0 spiro atoms. The molecule has 130 valence electrons. The zero-order chi connectivity index (χ0) is 18.0. The van der Waals surface area contributed by atoms with E-state index in [0.717, 1.165) is 31.9 Å². The lowest BCUT2D eigenvalue weighted by atomic mass is 10.1. The van der Waals surface area contributed by atoms with Gasteiger partial charge in [-0.05, 0) is 30.3 Å². The van der Waals surface area contributed by atoms with Crippen molar-refractivity contribution in [1.29, 1.82) is 0 Å². The van der Waals surface area contributed by atoms with Crippen LogP contribution in [0.3, 0.4) is 0 Å². The summed E-state index contributed by atoms with van der Waals surface area (Å²) in [6, 6.07) is 8.78. The molecule has 3 rings (SSSR count). The fourth-order valence-electron chi connectivity index (χ4n) is 2.81. The van der Waals surface area contributed by atoms with Crippen LogP contribution in [0.2, 0.25) is 5.02 Å². The first-order valence-electron chi connectivity index (χ1n) is 7.81. The molecule has 7 nitrogen and oxygen atoms in total. The molecule has 4 N–H and O–H groups in total. The van der Waals surface area contributed by atoms with Crippen molar-refractivity contribution < 1.29 is 9.59 Å². The van der Waals surface area contributed by atoms with E-state index in [2.05, 4.69) is 14.8 Å². The molecule has 8 heteroatoms. The Morgan fingerprint density at radius 2 is 1.48 bits per heavy atom. The number of nitrogens with zero attached hydrogens (tertiary/aromatic N) is 3. The van der Waals surface area contributed by atoms with Crippen LogP contribution in [0.4, 0.5) is 11.5 Å². The maximum Gasteiger partial charge on any atom is 0.250 e. The largest absolute Gasteiger partial charge is 0.368 e. The van der Waals surface area contributed by atoms with Gasteiger partial charge in [-0.25, -0.2) is 4.98 Å². The first kappa shape index (κ1) is 17.0. The van der Waals surface area contributed by atoms with Crippen LogP contribution in [-0.4, -0.2) is 43.0 Å². The summed E-state index contributed by atoms with van der Waals surface area (Å²) in [7, 11) is 0. The van der Waals surface area contributed by atoms with E-state index in [1.807, 2.05) is 12.1 Å². The van der Waals surface area contributed by atoms with Gasteiger partial charge in [0, 0.05) is 43.6 Å². The number of carbonyl (C=O) groups excluding carboxylic acids is 2. The number of halogens is 1. The molecule has 0 radical (unpaired) electrons. The fourth-order valence-corrected chi connectivity index (χ4v) is 3.10. The van der Waals surface area contributed by atoms with E-state index in [1.54, 1.807) is 18.2 Å². The molecule has 1 aliphatic heterocycles. The van der Waals surface area contributed by atoms with E-state index in [-0.39, 0.29) is 0 Å². The SMILES string of the molecule is NC(=O)c1ccc(N2CCN(c3ncc(C(N)=O)cc3Cl)CC2)cc1. The summed E-state index contributed by atoms with van der Waals surface area (Å²) in [5.74, 6) is -0.336. The van der Waals surface area contributed by atoms with Crippen LogP contribution in [0.5, 0.6) is 0 Å². The second kappa shape index (κ2) is 6.98. The smallest absolute Gasteiger partial charge is 0.250 e. The Bertz CT molecular complexity index is 801. The number of aromatic nitrogens is 1. The molecule has 1 fully saturated rings. The lowest BCUT2D eigenvalue weighted by Gasteiger charge is -2.37. The van der Waals surface area contributed by atoms with E-state index in [1.165, 1.54) is 6.20 Å². The molecule has 0 bridgehead atoms. The Morgan fingerprint density at radius 1 is 0.920 bits per heavy atom. The van der Waals surface area contributed by atoms with Crippen molar-refractivity contribution in [3.8, 4) is 0 Å². The summed E-state index contributed by atoms with van der Waals surface area (Å²) in [5.41, 5.74) is 12.3. The lowest BCUT2D eigenvalue weighted by molar-refractivity contribution is 0.0991. The highest BCUT2D eigenvalue weighted by atomic mass is 35.5. The average molecular weight is 360 g/mol. The van der Waals surface area contributed by atoms with E-state index < -0.39 is 11.8 Å². The molecule has 25 heavy (non-hydrogen) atoms. The molecular formula is C17H18ClN5O2. The number of primary amides is 2. The number of benzene rings is 1. The summed E-state index contributed by atoms with van der Waals surface area (Å²) in [6.07, 6.45) is 1.44. The molecule has 0 atom stereocenters. The maximum atomic E-state index is 11.2. The predicted octanol–water partition coefficient (Wildman–Crippen LogP) is 1.26. The van der Waals surface area contributed by atoms with Crippen molar-refractivity contribution in [1.82, 2.24) is 4.98 Å². The van der Waals surface area contributed by atoms with Crippen molar-refractivity contribution in [2.75, 3.05) is 36.0 Å². The standard InChI is InChI=1S/C17H18ClN5O2/c18-14-9-12(16(20)25)10-21-17(14)23-7-5-22(6-8-23)13-3-1-11(2-4-13)15(19)24/h1-4,9-10H,5-8H2,(H2,19,24)(H2,20,25). The molecule has 1 aromatic heterocycles. The number of pyridine rings is 1. The highest BCUT2D eigenvalue weighted by Crippen LogP contribution is 2.26. The van der Waals surface area contributed by atoms with Gasteiger partial charge in [-0.15, -0.1) is 0 Å². The van der Waals surface area contributed by atoms with E-state index in [4.69, 9.17) is 23.1 Å². The topological polar surface area (TPSA) is 106 Å². The Kier molecular flexibility index (Phi) is 4.76. The van der Waals surface area contributed by atoms with Crippen LogP contribution in [0.25, 0.3) is 0 Å². The molecule has 2 amide bonds. The number of carbonyl (C=O) groups is 2. The second-order valence-corrected chi connectivity index (χ2v) is 6.19. The van der Waals surface area contributed by atoms with Gasteiger partial charge in [0.2, 0.25) is 11.8 Å². The van der Waals surface area contributed by atoms with Gasteiger partial charge >= 0.3 is 0 Å². The van der Waals surface area contributed by atoms with Crippen LogP contribution in [0, 0.1) is 0 Å². The minimum atomic E-state index is -0.551. The highest BCUT2D eigenvalue weighted by Gasteiger charge is 2.21. The van der Waals surface area contributed by atoms with Crippen molar-refractivity contribution in [2.24, 2.45) is 11.5 Å². The molecule has 0 aliphatic carbocycles. The molecule has 1 aliphatic rings. The van der Waals surface area contributed by atoms with Crippen molar-refractivity contribution in [3.05, 3.63) is 52.7 Å². The van der Waals surface area contributed by atoms with Crippen LogP contribution in [-0.2, 0) is 0 Å². The number of rotatable bonds is 4. The van der Waals surface area contributed by atoms with Crippen molar-refractivity contribution >= 4 is 34.9 Å². The van der Waals surface area contributed by atoms with Gasteiger partial charge in [-0.3, -0.25) is 9.59 Å². The Morgan fingerprint density at radius 3 is 2.00 bits per heavy atom. The zero-order valence-corrected chi connectivity index (χ0v) is 14.2. The average Bonchev–Trinajstić information content (AvgIpc) is 2.62. The second-order valence-electron chi connectivity index (χ2n) is 5.78. The summed E-state index contributed by atoms with van der Waals surface area (Å²) >= 11 is 6.24. The number of hydrogen-bond acceptors (Lipinski definition) is 5. The van der Waals surface area contributed by atoms with Crippen LogP contribution < -0.4 is 21.3 Å². The molecule has 1 aromatic carbocycles. The minimum absolute atomic E-state index is 0.293. The normalized spacial score (nSPS) is 14.4. The maximum absolute atomic E-state index is 11.2. The quantitative estimate of drug-likeness (QED) is 0.854. The minimum Gasteiger partial charge on any atom is -0.368 e. The number of nitrogens with two attached hydrogens (primary N) is 2. The molecule has 0 saturated carbocycles. The van der Waals surface area contributed by atoms with Gasteiger partial charge in [0.15, 0.2) is 0 Å². The molecule has 0 unspecified atom stereocenters. The summed E-state index contributed by atoms with van der Waals surface area (Å²) in [6.45, 7) is 3.04. The number of amides is 2. The third-order valence-corrected chi connectivity index (χ3v) is 4.48. The number of anilines is 2. The summed E-state index contributed by atoms with van der Waals surface area (Å²) in [5, 5.41) is 0.413.